The van der Waals surface area contributed by atoms with E-state index in [0.717, 1.165) is 5.56 Å². The number of ether oxygens (including phenoxy) is 5. The van der Waals surface area contributed by atoms with E-state index in [1.165, 1.54) is 6.92 Å². The zero-order valence-electron chi connectivity index (χ0n) is 21.3. The third-order valence-electron chi connectivity index (χ3n) is 10.3. The standard InChI is InChI=1S/C27H29ClO10/c1-11-19(30)36-17-16(29)25-15-9-14(23(2,3)4)24(25)18(34-10-12-5-7-13(28)8-6-12)20(31)37-22(24)38-27(25,21(32)35-15)26(11,17)33/h5-8,11,14-18,22,29,33H,9-10H2,1-4H3/t11-,14+,15-,16-,17+,18+,22+,24+,25+,26-,27-/m1/s1. The average Bonchev–Trinajstić information content (AvgIpc) is 3.56. The Hall–Kier alpha value is -2.24. The highest BCUT2D eigenvalue weighted by molar-refractivity contribution is 6.30. The van der Waals surface area contributed by atoms with Crippen LogP contribution in [0.4, 0.5) is 0 Å². The van der Waals surface area contributed by atoms with E-state index >= 15 is 0 Å². The van der Waals surface area contributed by atoms with Crippen molar-refractivity contribution < 1.29 is 48.3 Å². The second kappa shape index (κ2) is 7.09. The second-order valence-corrected chi connectivity index (χ2v) is 13.0. The van der Waals surface area contributed by atoms with Crippen LogP contribution in [0, 0.1) is 28.1 Å². The molecule has 11 atom stereocenters. The highest BCUT2D eigenvalue weighted by Gasteiger charge is 3.04. The fourth-order valence-corrected chi connectivity index (χ4v) is 9.18. The average molecular weight is 549 g/mol. The van der Waals surface area contributed by atoms with Gasteiger partial charge in [0.05, 0.1) is 23.4 Å². The van der Waals surface area contributed by atoms with Gasteiger partial charge in [-0.1, -0.05) is 44.5 Å². The summed E-state index contributed by atoms with van der Waals surface area (Å²) >= 11 is 6.02. The van der Waals surface area contributed by atoms with Gasteiger partial charge in [-0.2, -0.15) is 0 Å². The van der Waals surface area contributed by atoms with E-state index in [-0.39, 0.29) is 13.0 Å². The van der Waals surface area contributed by atoms with Crippen LogP contribution in [0.25, 0.3) is 0 Å². The molecule has 4 heterocycles. The lowest BCUT2D eigenvalue weighted by Crippen LogP contribution is -2.67. The molecule has 2 aliphatic carbocycles. The summed E-state index contributed by atoms with van der Waals surface area (Å²) in [5.74, 6) is -3.97. The fourth-order valence-electron chi connectivity index (χ4n) is 9.06. The first-order valence-corrected chi connectivity index (χ1v) is 13.2. The molecule has 38 heavy (non-hydrogen) atoms. The van der Waals surface area contributed by atoms with Crippen molar-refractivity contribution in [2.75, 3.05) is 0 Å². The number of halogens is 1. The number of hydrogen-bond acceptors (Lipinski definition) is 10. The van der Waals surface area contributed by atoms with Crippen LogP contribution in [-0.2, 0) is 44.7 Å². The minimum atomic E-state index is -2.24. The van der Waals surface area contributed by atoms with E-state index in [0.29, 0.717) is 5.02 Å². The Morgan fingerprint density at radius 1 is 1.08 bits per heavy atom. The molecule has 0 amide bonds. The first-order valence-electron chi connectivity index (χ1n) is 12.9. The maximum atomic E-state index is 13.8. The molecule has 6 fully saturated rings. The largest absolute Gasteiger partial charge is 0.459 e. The number of rotatable bonds is 3. The van der Waals surface area contributed by atoms with Crippen LogP contribution in [0.5, 0.6) is 0 Å². The number of carbonyl (C=O) groups excluding carboxylic acids is 3. The van der Waals surface area contributed by atoms with Crippen LogP contribution in [-0.4, -0.2) is 70.0 Å². The molecule has 11 heteroatoms. The van der Waals surface area contributed by atoms with Gasteiger partial charge < -0.3 is 33.9 Å². The molecule has 2 saturated carbocycles. The zero-order valence-corrected chi connectivity index (χ0v) is 22.1. The molecule has 204 valence electrons. The molecular formula is C27H29ClO10. The molecule has 10 nitrogen and oxygen atoms in total. The van der Waals surface area contributed by atoms with Crippen molar-refractivity contribution >= 4 is 29.5 Å². The summed E-state index contributed by atoms with van der Waals surface area (Å²) < 4.78 is 29.9. The minimum Gasteiger partial charge on any atom is -0.459 e. The van der Waals surface area contributed by atoms with Gasteiger partial charge in [-0.25, -0.2) is 9.59 Å². The van der Waals surface area contributed by atoms with E-state index in [1.807, 2.05) is 20.8 Å². The van der Waals surface area contributed by atoms with E-state index in [1.54, 1.807) is 24.3 Å². The SMILES string of the molecule is C[C@@H]1C(=O)O[C@H]2[C@@H](O)[C@@]34[C@H]5C[C@@H](C(C)(C)C)[C@]36[C@@H](OC(=O)[C@@H]6OCc3ccc(Cl)cc3)O[C@@]4(C(=O)O5)[C@@]12O. The Kier molecular flexibility index (Phi) is 4.62. The molecule has 2 N–H and O–H groups in total. The molecule has 2 spiro atoms. The molecule has 6 aliphatic rings. The van der Waals surface area contributed by atoms with Crippen molar-refractivity contribution in [3.8, 4) is 0 Å². The molecule has 4 aliphatic heterocycles. The number of fused-ring (bicyclic) bond motifs is 1. The zero-order chi connectivity index (χ0) is 27.2. The molecule has 7 rings (SSSR count). The number of aliphatic hydroxyl groups excluding tert-OH is 1. The predicted molar refractivity (Wildman–Crippen MR) is 126 cm³/mol. The van der Waals surface area contributed by atoms with Gasteiger partial charge in [0.25, 0.3) is 0 Å². The van der Waals surface area contributed by atoms with Crippen LogP contribution < -0.4 is 0 Å². The Bertz CT molecular complexity index is 1280. The molecular weight excluding hydrogens is 520 g/mol. The Morgan fingerprint density at radius 3 is 2.42 bits per heavy atom. The number of hydrogen-bond donors (Lipinski definition) is 2. The van der Waals surface area contributed by atoms with Crippen molar-refractivity contribution in [1.82, 2.24) is 0 Å². The van der Waals surface area contributed by atoms with Gasteiger partial charge in [0.2, 0.25) is 11.9 Å². The van der Waals surface area contributed by atoms with Gasteiger partial charge in [0, 0.05) is 5.02 Å². The van der Waals surface area contributed by atoms with Crippen LogP contribution in [0.15, 0.2) is 24.3 Å². The second-order valence-electron chi connectivity index (χ2n) is 12.6. The van der Waals surface area contributed by atoms with Gasteiger partial charge in [0.15, 0.2) is 17.8 Å². The lowest BCUT2D eigenvalue weighted by atomic mass is 9.51. The van der Waals surface area contributed by atoms with Crippen molar-refractivity contribution in [2.45, 2.75) is 82.6 Å². The number of esters is 3. The summed E-state index contributed by atoms with van der Waals surface area (Å²) in [5.41, 5.74) is -7.31. The quantitative estimate of drug-likeness (QED) is 0.422. The Labute approximate surface area is 223 Å². The van der Waals surface area contributed by atoms with Crippen LogP contribution >= 0.6 is 11.6 Å². The maximum absolute atomic E-state index is 13.8. The van der Waals surface area contributed by atoms with Gasteiger partial charge >= 0.3 is 17.9 Å². The molecule has 0 bridgehead atoms. The molecule has 1 aromatic rings. The summed E-state index contributed by atoms with van der Waals surface area (Å²) in [5, 5.41) is 24.8. The summed E-state index contributed by atoms with van der Waals surface area (Å²) in [6.45, 7) is 7.41. The normalized spacial score (nSPS) is 49.9. The molecule has 0 radical (unpaired) electrons. The highest BCUT2D eigenvalue weighted by Crippen LogP contribution is 2.84. The Balaban J connectivity index is 1.45. The monoisotopic (exact) mass is 548 g/mol. The lowest BCUT2D eigenvalue weighted by molar-refractivity contribution is -0.240. The first kappa shape index (κ1) is 24.8. The van der Waals surface area contributed by atoms with Crippen molar-refractivity contribution in [1.29, 1.82) is 0 Å². The van der Waals surface area contributed by atoms with Gasteiger partial charge in [-0.3, -0.25) is 4.79 Å². The molecule has 1 aromatic carbocycles. The fraction of sp³-hybridized carbons (Fsp3) is 0.667. The van der Waals surface area contributed by atoms with Gasteiger partial charge in [0.1, 0.15) is 12.2 Å². The number of aliphatic hydroxyl groups is 2. The smallest absolute Gasteiger partial charge is 0.343 e. The highest BCUT2D eigenvalue weighted by atomic mass is 35.5. The third kappa shape index (κ3) is 2.25. The van der Waals surface area contributed by atoms with Gasteiger partial charge in [-0.05, 0) is 42.4 Å². The summed E-state index contributed by atoms with van der Waals surface area (Å²) in [7, 11) is 0. The summed E-state index contributed by atoms with van der Waals surface area (Å²) in [6.07, 6.45) is -6.30. The van der Waals surface area contributed by atoms with Gasteiger partial charge in [-0.15, -0.1) is 0 Å². The lowest BCUT2D eigenvalue weighted by Gasteiger charge is -2.48. The summed E-state index contributed by atoms with van der Waals surface area (Å²) in [6, 6.07) is 6.95. The van der Waals surface area contributed by atoms with E-state index in [4.69, 9.17) is 35.3 Å². The minimum absolute atomic E-state index is 0.0139. The van der Waals surface area contributed by atoms with Crippen LogP contribution in [0.2, 0.25) is 5.02 Å². The maximum Gasteiger partial charge on any atom is 0.343 e. The summed E-state index contributed by atoms with van der Waals surface area (Å²) in [4.78, 5) is 40.0. The van der Waals surface area contributed by atoms with E-state index in [2.05, 4.69) is 0 Å². The topological polar surface area (TPSA) is 138 Å². The number of carbonyl (C=O) groups is 3. The van der Waals surface area contributed by atoms with Crippen LogP contribution in [0.3, 0.4) is 0 Å². The number of benzene rings is 1. The molecule has 0 unspecified atom stereocenters. The van der Waals surface area contributed by atoms with E-state index < -0.39 is 87.9 Å². The van der Waals surface area contributed by atoms with Crippen molar-refractivity contribution in [2.24, 2.45) is 28.1 Å². The molecule has 0 aromatic heterocycles. The Morgan fingerprint density at radius 2 is 1.76 bits per heavy atom. The van der Waals surface area contributed by atoms with Crippen molar-refractivity contribution in [3.63, 3.8) is 0 Å². The predicted octanol–water partition coefficient (Wildman–Crippen LogP) is 1.51. The molecule has 4 saturated heterocycles. The van der Waals surface area contributed by atoms with E-state index in [9.17, 15) is 24.6 Å². The third-order valence-corrected chi connectivity index (χ3v) is 10.6. The van der Waals surface area contributed by atoms with Crippen LogP contribution in [0.1, 0.15) is 39.7 Å². The van der Waals surface area contributed by atoms with Crippen molar-refractivity contribution in [3.05, 3.63) is 34.9 Å². The first-order chi connectivity index (χ1) is 17.8.